The van der Waals surface area contributed by atoms with Crippen molar-refractivity contribution in [2.24, 2.45) is 5.92 Å². The van der Waals surface area contributed by atoms with Gasteiger partial charge in [-0.1, -0.05) is 24.3 Å². The van der Waals surface area contributed by atoms with Crippen molar-refractivity contribution in [2.75, 3.05) is 25.0 Å². The van der Waals surface area contributed by atoms with E-state index in [1.165, 1.54) is 0 Å². The summed E-state index contributed by atoms with van der Waals surface area (Å²) in [6.45, 7) is 7.19. The highest BCUT2D eigenvalue weighted by atomic mass is 16.2. The number of benzene rings is 1. The van der Waals surface area contributed by atoms with E-state index in [1.807, 2.05) is 56.4 Å². The molecule has 0 spiro atoms. The quantitative estimate of drug-likeness (QED) is 0.782. The lowest BCUT2D eigenvalue weighted by atomic mass is 9.96. The number of amides is 2. The largest absolute Gasteiger partial charge is 0.348 e. The number of rotatable bonds is 5. The molecule has 6 heteroatoms. The maximum Gasteiger partial charge on any atom is 0.313 e. The van der Waals surface area contributed by atoms with Crippen molar-refractivity contribution in [1.82, 2.24) is 15.2 Å². The second-order valence-electron chi connectivity index (χ2n) is 7.47. The van der Waals surface area contributed by atoms with Crippen molar-refractivity contribution >= 4 is 17.5 Å². The number of anilines is 1. The maximum atomic E-state index is 12.2. The number of aryl methyl sites for hydroxylation is 2. The van der Waals surface area contributed by atoms with Gasteiger partial charge < -0.3 is 10.6 Å². The highest BCUT2D eigenvalue weighted by molar-refractivity contribution is 6.39. The normalized spacial score (nSPS) is 15.2. The Kier molecular flexibility index (Phi) is 6.76. The Morgan fingerprint density at radius 1 is 1.04 bits per heavy atom. The Bertz CT molecular complexity index is 794. The van der Waals surface area contributed by atoms with Gasteiger partial charge in [0.25, 0.3) is 0 Å². The van der Waals surface area contributed by atoms with Gasteiger partial charge in [0.15, 0.2) is 0 Å². The van der Waals surface area contributed by atoms with E-state index in [0.717, 1.165) is 49.3 Å². The molecule has 1 fully saturated rings. The zero-order valence-corrected chi connectivity index (χ0v) is 16.6. The first-order valence-corrected chi connectivity index (χ1v) is 9.80. The van der Waals surface area contributed by atoms with Crippen molar-refractivity contribution in [2.45, 2.75) is 33.2 Å². The average Bonchev–Trinajstić information content (AvgIpc) is 2.70. The lowest BCUT2D eigenvalue weighted by molar-refractivity contribution is -0.136. The monoisotopic (exact) mass is 380 g/mol. The number of nitrogens with zero attached hydrogens (tertiary/aromatic N) is 2. The molecule has 148 valence electrons. The van der Waals surface area contributed by atoms with E-state index in [-0.39, 0.29) is 0 Å². The van der Waals surface area contributed by atoms with Gasteiger partial charge in [-0.3, -0.25) is 19.5 Å². The third kappa shape index (κ3) is 5.39. The van der Waals surface area contributed by atoms with Gasteiger partial charge in [-0.05, 0) is 69.0 Å². The van der Waals surface area contributed by atoms with Gasteiger partial charge in [-0.2, -0.15) is 0 Å². The number of hydrogen-bond acceptors (Lipinski definition) is 4. The molecular weight excluding hydrogens is 352 g/mol. The summed E-state index contributed by atoms with van der Waals surface area (Å²) in [7, 11) is 0. The van der Waals surface area contributed by atoms with Crippen LogP contribution < -0.4 is 10.6 Å². The molecule has 3 rings (SSSR count). The summed E-state index contributed by atoms with van der Waals surface area (Å²) < 4.78 is 0. The third-order valence-electron chi connectivity index (χ3n) is 5.30. The number of hydrogen-bond donors (Lipinski definition) is 2. The van der Waals surface area contributed by atoms with Crippen LogP contribution in [0, 0.1) is 19.8 Å². The van der Waals surface area contributed by atoms with Gasteiger partial charge in [0.1, 0.15) is 0 Å². The predicted molar refractivity (Wildman–Crippen MR) is 110 cm³/mol. The van der Waals surface area contributed by atoms with Crippen LogP contribution in [0.4, 0.5) is 5.69 Å². The summed E-state index contributed by atoms with van der Waals surface area (Å²) in [5, 5.41) is 5.53. The van der Waals surface area contributed by atoms with Gasteiger partial charge in [-0.25, -0.2) is 0 Å². The van der Waals surface area contributed by atoms with Crippen molar-refractivity contribution in [3.63, 3.8) is 0 Å². The molecule has 1 aromatic heterocycles. The van der Waals surface area contributed by atoms with Gasteiger partial charge in [0.05, 0.1) is 5.69 Å². The highest BCUT2D eigenvalue weighted by Gasteiger charge is 2.22. The molecule has 6 nitrogen and oxygen atoms in total. The van der Waals surface area contributed by atoms with E-state index in [1.54, 1.807) is 0 Å². The zero-order chi connectivity index (χ0) is 19.9. The molecule has 2 amide bonds. The fraction of sp³-hybridized carbons (Fsp3) is 0.409. The molecule has 2 heterocycles. The van der Waals surface area contributed by atoms with Crippen molar-refractivity contribution in [3.8, 4) is 0 Å². The fourth-order valence-electron chi connectivity index (χ4n) is 3.57. The second-order valence-corrected chi connectivity index (χ2v) is 7.47. The molecule has 28 heavy (non-hydrogen) atoms. The first-order valence-electron chi connectivity index (χ1n) is 9.80. The summed E-state index contributed by atoms with van der Waals surface area (Å²) in [5.74, 6) is -0.777. The van der Waals surface area contributed by atoms with Crippen molar-refractivity contribution in [1.29, 1.82) is 0 Å². The van der Waals surface area contributed by atoms with Crippen LogP contribution in [-0.4, -0.2) is 41.3 Å². The number of pyridine rings is 1. The molecule has 2 N–H and O–H groups in total. The van der Waals surface area contributed by atoms with Crippen LogP contribution in [0.5, 0.6) is 0 Å². The SMILES string of the molecule is Cc1cccc(C)c1NC(=O)C(=O)NCC1CCN(Cc2ccccn2)CC1. The highest BCUT2D eigenvalue weighted by Crippen LogP contribution is 2.20. The standard InChI is InChI=1S/C22H28N4O2/c1-16-6-5-7-17(2)20(16)25-22(28)21(27)24-14-18-9-12-26(13-10-18)15-19-8-3-4-11-23-19/h3-8,11,18H,9-10,12-15H2,1-2H3,(H,24,27)(H,25,28). The fourth-order valence-corrected chi connectivity index (χ4v) is 3.57. The van der Waals surface area contributed by atoms with Gasteiger partial charge >= 0.3 is 11.8 Å². The summed E-state index contributed by atoms with van der Waals surface area (Å²) in [6, 6.07) is 11.7. The molecule has 0 bridgehead atoms. The Labute approximate surface area is 166 Å². The Morgan fingerprint density at radius 2 is 1.75 bits per heavy atom. The number of carbonyl (C=O) groups is 2. The van der Waals surface area contributed by atoms with Crippen LogP contribution in [0.2, 0.25) is 0 Å². The zero-order valence-electron chi connectivity index (χ0n) is 16.6. The average molecular weight is 380 g/mol. The molecule has 0 saturated carbocycles. The molecular formula is C22H28N4O2. The molecule has 1 aliphatic rings. The van der Waals surface area contributed by atoms with Crippen molar-refractivity contribution < 1.29 is 9.59 Å². The minimum absolute atomic E-state index is 0.400. The smallest absolute Gasteiger partial charge is 0.313 e. The van der Waals surface area contributed by atoms with Gasteiger partial charge in [-0.15, -0.1) is 0 Å². The van der Waals surface area contributed by atoms with Crippen LogP contribution in [0.15, 0.2) is 42.6 Å². The lowest BCUT2D eigenvalue weighted by Crippen LogP contribution is -2.41. The topological polar surface area (TPSA) is 74.3 Å². The molecule has 0 aliphatic carbocycles. The number of likely N-dealkylation sites (tertiary alicyclic amines) is 1. The molecule has 1 saturated heterocycles. The minimum Gasteiger partial charge on any atom is -0.348 e. The number of aromatic nitrogens is 1. The first-order chi connectivity index (χ1) is 13.5. The number of piperidine rings is 1. The molecule has 0 unspecified atom stereocenters. The van der Waals surface area contributed by atoms with E-state index in [2.05, 4.69) is 20.5 Å². The summed E-state index contributed by atoms with van der Waals surface area (Å²) in [4.78, 5) is 31.1. The maximum absolute atomic E-state index is 12.2. The summed E-state index contributed by atoms with van der Waals surface area (Å²) in [6.07, 6.45) is 3.83. The molecule has 0 radical (unpaired) electrons. The van der Waals surface area contributed by atoms with Crippen molar-refractivity contribution in [3.05, 3.63) is 59.4 Å². The van der Waals surface area contributed by atoms with Crippen LogP contribution in [0.1, 0.15) is 29.7 Å². The summed E-state index contributed by atoms with van der Waals surface area (Å²) in [5.41, 5.74) is 3.69. The third-order valence-corrected chi connectivity index (χ3v) is 5.30. The minimum atomic E-state index is -0.606. The lowest BCUT2D eigenvalue weighted by Gasteiger charge is -2.31. The first kappa shape index (κ1) is 20.0. The number of para-hydroxylation sites is 1. The summed E-state index contributed by atoms with van der Waals surface area (Å²) >= 11 is 0. The van der Waals surface area contributed by atoms with E-state index >= 15 is 0 Å². The second kappa shape index (κ2) is 9.46. The Morgan fingerprint density at radius 3 is 2.39 bits per heavy atom. The molecule has 2 aromatic rings. The van der Waals surface area contributed by atoms with Crippen LogP contribution in [0.3, 0.4) is 0 Å². The van der Waals surface area contributed by atoms with Gasteiger partial charge in [0, 0.05) is 25.0 Å². The Hall–Kier alpha value is -2.73. The number of nitrogens with one attached hydrogen (secondary N) is 2. The van der Waals surface area contributed by atoms with E-state index in [0.29, 0.717) is 18.2 Å². The molecule has 1 aromatic carbocycles. The van der Waals surface area contributed by atoms with E-state index in [9.17, 15) is 9.59 Å². The van der Waals surface area contributed by atoms with Crippen LogP contribution >= 0.6 is 0 Å². The van der Waals surface area contributed by atoms with Crippen LogP contribution in [-0.2, 0) is 16.1 Å². The number of carbonyl (C=O) groups excluding carboxylic acids is 2. The molecule has 1 aliphatic heterocycles. The van der Waals surface area contributed by atoms with E-state index < -0.39 is 11.8 Å². The van der Waals surface area contributed by atoms with E-state index in [4.69, 9.17) is 0 Å². The predicted octanol–water partition coefficient (Wildman–Crippen LogP) is 2.67. The molecule has 0 atom stereocenters. The van der Waals surface area contributed by atoms with Gasteiger partial charge in [0.2, 0.25) is 0 Å². The Balaban J connectivity index is 1.41. The van der Waals surface area contributed by atoms with Crippen LogP contribution in [0.25, 0.3) is 0 Å².